The summed E-state index contributed by atoms with van der Waals surface area (Å²) in [6.45, 7) is 4.32. The number of rotatable bonds is 7. The molecule has 9 heteroatoms. The predicted octanol–water partition coefficient (Wildman–Crippen LogP) is 1.49. The standard InChI is InChI=1S/C24H29N5O4/c1-24(12-11-18-7-3-2-4-8-18)22(32)29(23(33)25-24)26-21(31)17-27-13-15-28(16-14-27)19-9-5-6-10-20(19)30/h2-10,30H,11-17H2,1H3,(H,25,33)(H,26,31)/t24-/m0/s1. The molecule has 0 spiro atoms. The number of para-hydroxylation sites is 2. The molecule has 0 aliphatic carbocycles. The van der Waals surface area contributed by atoms with Crippen LogP contribution in [0.5, 0.6) is 5.75 Å². The first-order valence-corrected chi connectivity index (χ1v) is 11.1. The van der Waals surface area contributed by atoms with E-state index < -0.39 is 23.4 Å². The Morgan fingerprint density at radius 1 is 1.03 bits per heavy atom. The molecule has 1 atom stereocenters. The number of carbonyl (C=O) groups is 3. The summed E-state index contributed by atoms with van der Waals surface area (Å²) in [4.78, 5) is 41.9. The fraction of sp³-hybridized carbons (Fsp3) is 0.375. The molecule has 2 aliphatic heterocycles. The molecule has 174 valence electrons. The molecule has 2 aromatic rings. The van der Waals surface area contributed by atoms with Crippen LogP contribution in [-0.2, 0) is 16.0 Å². The number of nitrogens with zero attached hydrogens (tertiary/aromatic N) is 3. The number of aromatic hydroxyl groups is 1. The molecule has 2 saturated heterocycles. The van der Waals surface area contributed by atoms with Crippen molar-refractivity contribution in [1.29, 1.82) is 0 Å². The van der Waals surface area contributed by atoms with Gasteiger partial charge in [-0.05, 0) is 37.5 Å². The van der Waals surface area contributed by atoms with Crippen LogP contribution >= 0.6 is 0 Å². The largest absolute Gasteiger partial charge is 0.506 e. The van der Waals surface area contributed by atoms with Crippen molar-refractivity contribution in [2.24, 2.45) is 0 Å². The Kier molecular flexibility index (Phi) is 6.50. The zero-order valence-corrected chi connectivity index (χ0v) is 18.7. The lowest BCUT2D eigenvalue weighted by Gasteiger charge is -2.36. The quantitative estimate of drug-likeness (QED) is 0.551. The highest BCUT2D eigenvalue weighted by Gasteiger charge is 2.48. The van der Waals surface area contributed by atoms with Crippen molar-refractivity contribution in [3.05, 3.63) is 60.2 Å². The van der Waals surface area contributed by atoms with Gasteiger partial charge in [-0.3, -0.25) is 19.9 Å². The highest BCUT2D eigenvalue weighted by molar-refractivity contribution is 6.07. The number of imide groups is 1. The molecular weight excluding hydrogens is 422 g/mol. The van der Waals surface area contributed by atoms with Crippen molar-refractivity contribution >= 4 is 23.5 Å². The maximum atomic E-state index is 12.9. The van der Waals surface area contributed by atoms with Gasteiger partial charge in [0.25, 0.3) is 11.8 Å². The van der Waals surface area contributed by atoms with Crippen LogP contribution in [0.1, 0.15) is 18.9 Å². The molecule has 9 nitrogen and oxygen atoms in total. The lowest BCUT2D eigenvalue weighted by atomic mass is 9.93. The Morgan fingerprint density at radius 3 is 2.39 bits per heavy atom. The summed E-state index contributed by atoms with van der Waals surface area (Å²) in [5, 5.41) is 13.5. The third-order valence-corrected chi connectivity index (χ3v) is 6.22. The Hall–Kier alpha value is -3.59. The van der Waals surface area contributed by atoms with Gasteiger partial charge in [-0.25, -0.2) is 4.79 Å². The summed E-state index contributed by atoms with van der Waals surface area (Å²) in [5.74, 6) is -0.638. The van der Waals surface area contributed by atoms with Gasteiger partial charge in [0, 0.05) is 26.2 Å². The summed E-state index contributed by atoms with van der Waals surface area (Å²) in [7, 11) is 0. The zero-order chi connectivity index (χ0) is 23.4. The number of carbonyl (C=O) groups excluding carboxylic acids is 3. The molecule has 2 heterocycles. The topological polar surface area (TPSA) is 105 Å². The molecular formula is C24H29N5O4. The smallest absolute Gasteiger partial charge is 0.344 e. The SMILES string of the molecule is C[C@@]1(CCc2ccccc2)NC(=O)N(NC(=O)CN2CCN(c3ccccc3O)CC2)C1=O. The first-order valence-electron chi connectivity index (χ1n) is 11.1. The van der Waals surface area contributed by atoms with E-state index in [1.165, 1.54) is 0 Å². The van der Waals surface area contributed by atoms with Gasteiger partial charge < -0.3 is 15.3 Å². The van der Waals surface area contributed by atoms with Crippen molar-refractivity contribution in [1.82, 2.24) is 20.7 Å². The van der Waals surface area contributed by atoms with Crippen LogP contribution < -0.4 is 15.6 Å². The van der Waals surface area contributed by atoms with Gasteiger partial charge in [0.2, 0.25) is 0 Å². The molecule has 0 unspecified atom stereocenters. The molecule has 0 radical (unpaired) electrons. The average molecular weight is 452 g/mol. The molecule has 3 N–H and O–H groups in total. The monoisotopic (exact) mass is 451 g/mol. The van der Waals surface area contributed by atoms with E-state index in [1.807, 2.05) is 47.4 Å². The number of amides is 4. The van der Waals surface area contributed by atoms with E-state index in [1.54, 1.807) is 19.1 Å². The van der Waals surface area contributed by atoms with Crippen molar-refractivity contribution in [3.63, 3.8) is 0 Å². The number of aryl methyl sites for hydroxylation is 1. The van der Waals surface area contributed by atoms with E-state index in [4.69, 9.17) is 0 Å². The minimum absolute atomic E-state index is 0.0758. The average Bonchev–Trinajstić information content (AvgIpc) is 3.02. The normalized spacial score (nSPS) is 21.2. The van der Waals surface area contributed by atoms with Crippen molar-refractivity contribution in [3.8, 4) is 5.75 Å². The van der Waals surface area contributed by atoms with Gasteiger partial charge in [0.15, 0.2) is 0 Å². The summed E-state index contributed by atoms with van der Waals surface area (Å²) in [6, 6.07) is 16.3. The summed E-state index contributed by atoms with van der Waals surface area (Å²) in [5.41, 5.74) is 3.25. The number of hydrogen-bond acceptors (Lipinski definition) is 6. The maximum Gasteiger partial charge on any atom is 0.344 e. The third kappa shape index (κ3) is 5.09. The van der Waals surface area contributed by atoms with Crippen molar-refractivity contribution in [2.45, 2.75) is 25.3 Å². The number of nitrogens with one attached hydrogen (secondary N) is 2. The van der Waals surface area contributed by atoms with Gasteiger partial charge in [-0.1, -0.05) is 42.5 Å². The maximum absolute atomic E-state index is 12.9. The molecule has 2 aromatic carbocycles. The summed E-state index contributed by atoms with van der Waals surface area (Å²) >= 11 is 0. The minimum Gasteiger partial charge on any atom is -0.506 e. The second-order valence-corrected chi connectivity index (χ2v) is 8.68. The van der Waals surface area contributed by atoms with E-state index >= 15 is 0 Å². The van der Waals surface area contributed by atoms with Crippen LogP contribution in [0, 0.1) is 0 Å². The van der Waals surface area contributed by atoms with Crippen molar-refractivity contribution < 1.29 is 19.5 Å². The summed E-state index contributed by atoms with van der Waals surface area (Å²) in [6.07, 6.45) is 1.06. The molecule has 33 heavy (non-hydrogen) atoms. The highest BCUT2D eigenvalue weighted by Crippen LogP contribution is 2.27. The van der Waals surface area contributed by atoms with E-state index in [-0.39, 0.29) is 12.3 Å². The lowest BCUT2D eigenvalue weighted by molar-refractivity contribution is -0.139. The second-order valence-electron chi connectivity index (χ2n) is 8.68. The molecule has 4 amide bonds. The zero-order valence-electron chi connectivity index (χ0n) is 18.7. The number of phenolic OH excluding ortho intramolecular Hbond substituents is 1. The first-order chi connectivity index (χ1) is 15.9. The predicted molar refractivity (Wildman–Crippen MR) is 123 cm³/mol. The lowest BCUT2D eigenvalue weighted by Crippen LogP contribution is -2.54. The number of phenols is 1. The Labute approximate surface area is 192 Å². The molecule has 0 aromatic heterocycles. The van der Waals surface area contributed by atoms with Crippen LogP contribution in [0.25, 0.3) is 0 Å². The van der Waals surface area contributed by atoms with Crippen molar-refractivity contribution in [2.75, 3.05) is 37.6 Å². The number of piperazine rings is 1. The Bertz CT molecular complexity index is 1020. The van der Waals surface area contributed by atoms with E-state index in [9.17, 15) is 19.5 Å². The molecule has 2 aliphatic rings. The Balaban J connectivity index is 1.27. The molecule has 0 saturated carbocycles. The highest BCUT2D eigenvalue weighted by atomic mass is 16.3. The molecule has 0 bridgehead atoms. The number of anilines is 1. The van der Waals surface area contributed by atoms with Gasteiger partial charge in [-0.2, -0.15) is 5.01 Å². The number of urea groups is 1. The fourth-order valence-electron chi connectivity index (χ4n) is 4.24. The van der Waals surface area contributed by atoms with Gasteiger partial charge >= 0.3 is 6.03 Å². The Morgan fingerprint density at radius 2 is 1.70 bits per heavy atom. The van der Waals surface area contributed by atoms with E-state index in [0.717, 1.165) is 16.3 Å². The third-order valence-electron chi connectivity index (χ3n) is 6.22. The van der Waals surface area contributed by atoms with E-state index in [2.05, 4.69) is 15.6 Å². The van der Waals surface area contributed by atoms with Crippen LogP contribution in [0.15, 0.2) is 54.6 Å². The van der Waals surface area contributed by atoms with Crippen LogP contribution in [-0.4, -0.2) is 71.1 Å². The van der Waals surface area contributed by atoms with Gasteiger partial charge in [-0.15, -0.1) is 0 Å². The van der Waals surface area contributed by atoms with E-state index in [0.29, 0.717) is 39.0 Å². The molecule has 4 rings (SSSR count). The van der Waals surface area contributed by atoms with Gasteiger partial charge in [0.05, 0.1) is 12.2 Å². The van der Waals surface area contributed by atoms with Crippen LogP contribution in [0.3, 0.4) is 0 Å². The number of hydrogen-bond donors (Lipinski definition) is 3. The number of benzene rings is 2. The second kappa shape index (κ2) is 9.50. The minimum atomic E-state index is -1.07. The van der Waals surface area contributed by atoms with Gasteiger partial charge in [0.1, 0.15) is 11.3 Å². The summed E-state index contributed by atoms with van der Waals surface area (Å²) < 4.78 is 0. The fourth-order valence-corrected chi connectivity index (χ4v) is 4.24. The van der Waals surface area contributed by atoms with Crippen LogP contribution in [0.2, 0.25) is 0 Å². The van der Waals surface area contributed by atoms with Crippen LogP contribution in [0.4, 0.5) is 10.5 Å². The number of hydrazine groups is 1. The first kappa shape index (κ1) is 22.6. The molecule has 2 fully saturated rings.